The number of hydrazone groups is 1. The number of anilines is 1. The van der Waals surface area contributed by atoms with E-state index in [1.807, 2.05) is 0 Å². The summed E-state index contributed by atoms with van der Waals surface area (Å²) in [5.41, 5.74) is -1.91. The van der Waals surface area contributed by atoms with Crippen LogP contribution >= 0.6 is 0 Å². The van der Waals surface area contributed by atoms with E-state index in [-0.39, 0.29) is 12.1 Å². The molecule has 142 valence electrons. The van der Waals surface area contributed by atoms with E-state index in [4.69, 9.17) is 4.74 Å². The molecule has 27 heavy (non-hydrogen) atoms. The first-order chi connectivity index (χ1) is 12.6. The topological polar surface area (TPSA) is 120 Å². The fourth-order valence-electron chi connectivity index (χ4n) is 2.04. The van der Waals surface area contributed by atoms with Crippen molar-refractivity contribution in [1.29, 1.82) is 0 Å². The van der Waals surface area contributed by atoms with Gasteiger partial charge in [-0.2, -0.15) is 18.3 Å². The minimum Gasteiger partial charge on any atom is -0.497 e. The molecular weight excluding hydrogens is 373 g/mol. The summed E-state index contributed by atoms with van der Waals surface area (Å²) in [6, 6.07) is 6.78. The van der Waals surface area contributed by atoms with Crippen LogP contribution in [-0.4, -0.2) is 23.2 Å². The molecule has 0 aliphatic carbocycles. The smallest absolute Gasteiger partial charge is 0.416 e. The lowest BCUT2D eigenvalue weighted by Crippen LogP contribution is -2.09. The lowest BCUT2D eigenvalue weighted by molar-refractivity contribution is -0.392. The highest BCUT2D eigenvalue weighted by Gasteiger charge is 2.37. The van der Waals surface area contributed by atoms with Crippen LogP contribution < -0.4 is 10.2 Å². The molecule has 2 aromatic carbocycles. The molecule has 0 spiro atoms. The maximum atomic E-state index is 12.8. The van der Waals surface area contributed by atoms with Gasteiger partial charge in [-0.25, -0.2) is 0 Å². The molecule has 0 aromatic heterocycles. The molecule has 0 atom stereocenters. The average Bonchev–Trinajstić information content (AvgIpc) is 2.60. The molecule has 1 N–H and O–H groups in total. The molecule has 0 amide bonds. The number of methoxy groups -OCH3 is 1. The predicted molar refractivity (Wildman–Crippen MR) is 89.0 cm³/mol. The van der Waals surface area contributed by atoms with Crippen molar-refractivity contribution in [2.75, 3.05) is 12.5 Å². The number of nitrogens with zero attached hydrogens (tertiary/aromatic N) is 3. The van der Waals surface area contributed by atoms with Gasteiger partial charge >= 0.3 is 17.6 Å². The zero-order valence-electron chi connectivity index (χ0n) is 13.6. The molecule has 0 saturated heterocycles. The third-order valence-electron chi connectivity index (χ3n) is 3.32. The van der Waals surface area contributed by atoms with E-state index in [9.17, 15) is 33.4 Å². The normalized spacial score (nSPS) is 11.4. The molecule has 9 nitrogen and oxygen atoms in total. The van der Waals surface area contributed by atoms with Crippen LogP contribution in [0.1, 0.15) is 11.1 Å². The summed E-state index contributed by atoms with van der Waals surface area (Å²) in [6.07, 6.45) is -3.80. The number of benzene rings is 2. The third kappa shape index (κ3) is 4.68. The molecule has 12 heteroatoms. The Hall–Kier alpha value is -3.70. The molecule has 0 saturated carbocycles. The highest BCUT2D eigenvalue weighted by atomic mass is 19.4. The Morgan fingerprint density at radius 3 is 2.00 bits per heavy atom. The maximum absolute atomic E-state index is 12.8. The molecule has 0 heterocycles. The average molecular weight is 384 g/mol. The number of hydrogen-bond donors (Lipinski definition) is 1. The second-order valence-corrected chi connectivity index (χ2v) is 5.04. The van der Waals surface area contributed by atoms with Gasteiger partial charge in [0.1, 0.15) is 5.75 Å². The van der Waals surface area contributed by atoms with Gasteiger partial charge in [0.15, 0.2) is 0 Å². The van der Waals surface area contributed by atoms with Gasteiger partial charge in [-0.3, -0.25) is 25.7 Å². The van der Waals surface area contributed by atoms with Gasteiger partial charge in [0.05, 0.1) is 28.7 Å². The van der Waals surface area contributed by atoms with Crippen molar-refractivity contribution in [3.63, 3.8) is 0 Å². The predicted octanol–water partition coefficient (Wildman–Crippen LogP) is 3.98. The third-order valence-corrected chi connectivity index (χ3v) is 3.32. The first-order valence-electron chi connectivity index (χ1n) is 7.10. The number of ether oxygens (including phenoxy) is 1. The monoisotopic (exact) mass is 384 g/mol. The Labute approximate surface area is 149 Å². The molecule has 0 aliphatic rings. The van der Waals surface area contributed by atoms with Crippen LogP contribution in [0.3, 0.4) is 0 Å². The molecule has 0 fully saturated rings. The quantitative estimate of drug-likeness (QED) is 0.457. The van der Waals surface area contributed by atoms with E-state index in [2.05, 4.69) is 10.5 Å². The molecule has 0 radical (unpaired) electrons. The zero-order chi connectivity index (χ0) is 20.2. The van der Waals surface area contributed by atoms with E-state index >= 15 is 0 Å². The highest BCUT2D eigenvalue weighted by Crippen LogP contribution is 2.41. The second kappa shape index (κ2) is 7.68. The Morgan fingerprint density at radius 1 is 1.07 bits per heavy atom. The Balaban J connectivity index is 2.42. The molecule has 0 aliphatic heterocycles. The Kier molecular flexibility index (Phi) is 5.58. The minimum atomic E-state index is -4.99. The zero-order valence-corrected chi connectivity index (χ0v) is 13.6. The number of alkyl halides is 3. The summed E-state index contributed by atoms with van der Waals surface area (Å²) in [5.74, 6) is 0.564. The van der Waals surface area contributed by atoms with Gasteiger partial charge in [-0.1, -0.05) is 0 Å². The van der Waals surface area contributed by atoms with Gasteiger partial charge in [0, 0.05) is 12.1 Å². The van der Waals surface area contributed by atoms with Gasteiger partial charge in [-0.15, -0.1) is 0 Å². The van der Waals surface area contributed by atoms with Gasteiger partial charge in [0.2, 0.25) is 5.69 Å². The minimum absolute atomic E-state index is 0.207. The van der Waals surface area contributed by atoms with Crippen LogP contribution in [0.15, 0.2) is 41.5 Å². The van der Waals surface area contributed by atoms with Crippen molar-refractivity contribution in [2.45, 2.75) is 6.18 Å². The van der Waals surface area contributed by atoms with E-state index in [0.717, 1.165) is 0 Å². The van der Waals surface area contributed by atoms with Crippen LogP contribution in [0.5, 0.6) is 5.75 Å². The Morgan fingerprint density at radius 2 is 1.59 bits per heavy atom. The van der Waals surface area contributed by atoms with Crippen molar-refractivity contribution in [3.8, 4) is 5.75 Å². The maximum Gasteiger partial charge on any atom is 0.416 e. The first-order valence-corrected chi connectivity index (χ1v) is 7.10. The lowest BCUT2D eigenvalue weighted by atomic mass is 10.1. The summed E-state index contributed by atoms with van der Waals surface area (Å²) < 4.78 is 43.5. The number of nitro benzene ring substituents is 2. The number of hydrogen-bond acceptors (Lipinski definition) is 7. The van der Waals surface area contributed by atoms with Crippen LogP contribution in [0.4, 0.5) is 30.2 Å². The van der Waals surface area contributed by atoms with Crippen LogP contribution in [-0.2, 0) is 6.18 Å². The van der Waals surface area contributed by atoms with Crippen molar-refractivity contribution < 1.29 is 27.8 Å². The van der Waals surface area contributed by atoms with Gasteiger partial charge in [0.25, 0.3) is 0 Å². The fourth-order valence-corrected chi connectivity index (χ4v) is 2.04. The van der Waals surface area contributed by atoms with Crippen molar-refractivity contribution in [3.05, 3.63) is 67.8 Å². The van der Waals surface area contributed by atoms with Gasteiger partial charge < -0.3 is 4.74 Å². The summed E-state index contributed by atoms with van der Waals surface area (Å²) in [6.45, 7) is 0. The molecule has 0 bridgehead atoms. The Bertz CT molecular complexity index is 862. The van der Waals surface area contributed by atoms with Crippen molar-refractivity contribution >= 4 is 23.3 Å². The number of rotatable bonds is 6. The van der Waals surface area contributed by atoms with E-state index in [1.165, 1.54) is 13.3 Å². The standard InChI is InChI=1S/C15H11F3N4O5/c1-27-11-4-2-9(3-5-11)8-19-20-14-12(21(23)24)6-10(15(16,17)18)7-13(14)22(25)26/h2-8,20H,1H3/b19-8-. The SMILES string of the molecule is COc1ccc(/C=N\Nc2c([N+](=O)[O-])cc(C(F)(F)F)cc2[N+](=O)[O-])cc1. The summed E-state index contributed by atoms with van der Waals surface area (Å²) in [5, 5.41) is 25.8. The summed E-state index contributed by atoms with van der Waals surface area (Å²) in [7, 11) is 1.47. The number of nitro groups is 2. The molecular formula is C15H11F3N4O5. The number of nitrogens with one attached hydrogen (secondary N) is 1. The molecule has 2 aromatic rings. The molecule has 2 rings (SSSR count). The second-order valence-electron chi connectivity index (χ2n) is 5.04. The fraction of sp³-hybridized carbons (Fsp3) is 0.133. The lowest BCUT2D eigenvalue weighted by Gasteiger charge is -2.09. The summed E-state index contributed by atoms with van der Waals surface area (Å²) >= 11 is 0. The van der Waals surface area contributed by atoms with E-state index < -0.39 is 38.6 Å². The van der Waals surface area contributed by atoms with Crippen molar-refractivity contribution in [1.82, 2.24) is 0 Å². The number of halogens is 3. The van der Waals surface area contributed by atoms with Crippen molar-refractivity contribution in [2.24, 2.45) is 5.10 Å². The molecule has 0 unspecified atom stereocenters. The summed E-state index contributed by atoms with van der Waals surface area (Å²) in [4.78, 5) is 19.9. The van der Waals surface area contributed by atoms with E-state index in [0.29, 0.717) is 11.3 Å². The largest absolute Gasteiger partial charge is 0.497 e. The van der Waals surface area contributed by atoms with Gasteiger partial charge in [-0.05, 0) is 29.8 Å². The first kappa shape index (κ1) is 19.6. The van der Waals surface area contributed by atoms with Crippen LogP contribution in [0, 0.1) is 20.2 Å². The highest BCUT2D eigenvalue weighted by molar-refractivity contribution is 5.82. The van der Waals surface area contributed by atoms with Crippen LogP contribution in [0.2, 0.25) is 0 Å². The van der Waals surface area contributed by atoms with E-state index in [1.54, 1.807) is 24.3 Å². The van der Waals surface area contributed by atoms with Crippen LogP contribution in [0.25, 0.3) is 0 Å².